The van der Waals surface area contributed by atoms with E-state index in [-0.39, 0.29) is 29.7 Å². The Balaban J connectivity index is 0. The van der Waals surface area contributed by atoms with Gasteiger partial charge in [0.1, 0.15) is 6.29 Å². The molecule has 0 aromatic rings. The van der Waals surface area contributed by atoms with Crippen LogP contribution in [0.15, 0.2) is 12.7 Å². The van der Waals surface area contributed by atoms with Gasteiger partial charge in [0.15, 0.2) is 0 Å². The van der Waals surface area contributed by atoms with Gasteiger partial charge in [-0.15, -0.1) is 0 Å². The van der Waals surface area contributed by atoms with Crippen molar-refractivity contribution in [2.24, 2.45) is 17.6 Å². The Bertz CT molecular complexity index is 373. The zero-order chi connectivity index (χ0) is 18.6. The standard InChI is InChI=1S/C8H11NO2.C7H16N2O.C2H6/c1-2-8(11)9-4-3-7(5-9)6-10;1-5(2)6(7(8)10)9(3)4;1-2/h2,6-7H,1,3-5H2;5-6H,1-4H3,(H2,8,10);1-2H3. The number of nitrogens with two attached hydrogens (primary N) is 1. The molecule has 2 N–H and O–H groups in total. The van der Waals surface area contributed by atoms with Crippen LogP contribution in [0.5, 0.6) is 0 Å². The third-order valence-electron chi connectivity index (χ3n) is 3.38. The molecule has 0 spiro atoms. The van der Waals surface area contributed by atoms with E-state index in [9.17, 15) is 14.4 Å². The predicted molar refractivity (Wildman–Crippen MR) is 93.8 cm³/mol. The van der Waals surface area contributed by atoms with E-state index < -0.39 is 0 Å². The summed E-state index contributed by atoms with van der Waals surface area (Å²) in [6, 6.07) is -0.139. The van der Waals surface area contributed by atoms with E-state index in [0.717, 1.165) is 12.7 Å². The number of aldehydes is 1. The van der Waals surface area contributed by atoms with Gasteiger partial charge in [0, 0.05) is 19.0 Å². The van der Waals surface area contributed by atoms with Crippen LogP contribution in [-0.4, -0.2) is 61.1 Å². The van der Waals surface area contributed by atoms with E-state index in [4.69, 9.17) is 5.73 Å². The van der Waals surface area contributed by atoms with Crippen molar-refractivity contribution in [3.05, 3.63) is 12.7 Å². The van der Waals surface area contributed by atoms with Crippen molar-refractivity contribution in [1.82, 2.24) is 9.80 Å². The molecule has 6 nitrogen and oxygen atoms in total. The Morgan fingerprint density at radius 3 is 2.04 bits per heavy atom. The average molecular weight is 327 g/mol. The van der Waals surface area contributed by atoms with Gasteiger partial charge in [0.25, 0.3) is 0 Å². The molecule has 23 heavy (non-hydrogen) atoms. The fourth-order valence-corrected chi connectivity index (χ4v) is 2.41. The average Bonchev–Trinajstić information content (AvgIpc) is 2.96. The lowest BCUT2D eigenvalue weighted by molar-refractivity contribution is -0.125. The number of amides is 2. The van der Waals surface area contributed by atoms with E-state index in [0.29, 0.717) is 13.1 Å². The van der Waals surface area contributed by atoms with Gasteiger partial charge in [-0.2, -0.15) is 0 Å². The van der Waals surface area contributed by atoms with Crippen LogP contribution in [0.4, 0.5) is 0 Å². The summed E-state index contributed by atoms with van der Waals surface area (Å²) in [4.78, 5) is 35.5. The van der Waals surface area contributed by atoms with Gasteiger partial charge in [0.05, 0.1) is 6.04 Å². The number of hydrogen-bond acceptors (Lipinski definition) is 4. The Kier molecular flexibility index (Phi) is 13.1. The smallest absolute Gasteiger partial charge is 0.245 e. The van der Waals surface area contributed by atoms with E-state index in [1.807, 2.05) is 46.7 Å². The highest BCUT2D eigenvalue weighted by molar-refractivity contribution is 5.87. The molecule has 1 saturated heterocycles. The first-order valence-electron chi connectivity index (χ1n) is 8.06. The van der Waals surface area contributed by atoms with Crippen molar-refractivity contribution in [1.29, 1.82) is 0 Å². The Morgan fingerprint density at radius 1 is 1.30 bits per heavy atom. The first kappa shape index (κ1) is 23.6. The molecule has 0 radical (unpaired) electrons. The van der Waals surface area contributed by atoms with Gasteiger partial charge in [-0.25, -0.2) is 0 Å². The molecule has 2 unspecified atom stereocenters. The van der Waals surface area contributed by atoms with E-state index >= 15 is 0 Å². The van der Waals surface area contributed by atoms with Gasteiger partial charge in [-0.3, -0.25) is 14.5 Å². The summed E-state index contributed by atoms with van der Waals surface area (Å²) in [5.41, 5.74) is 5.16. The molecule has 0 aromatic carbocycles. The van der Waals surface area contributed by atoms with Gasteiger partial charge >= 0.3 is 0 Å². The molecule has 1 aliphatic heterocycles. The summed E-state index contributed by atoms with van der Waals surface area (Å²) in [6.07, 6.45) is 2.99. The van der Waals surface area contributed by atoms with Crippen LogP contribution >= 0.6 is 0 Å². The summed E-state index contributed by atoms with van der Waals surface area (Å²) < 4.78 is 0. The van der Waals surface area contributed by atoms with Crippen LogP contribution in [0.25, 0.3) is 0 Å². The second-order valence-corrected chi connectivity index (χ2v) is 5.73. The molecule has 1 heterocycles. The van der Waals surface area contributed by atoms with E-state index in [2.05, 4.69) is 6.58 Å². The molecule has 6 heteroatoms. The van der Waals surface area contributed by atoms with Crippen molar-refractivity contribution in [2.45, 2.75) is 40.2 Å². The Labute approximate surface area is 140 Å². The lowest BCUT2D eigenvalue weighted by Gasteiger charge is -2.24. The summed E-state index contributed by atoms with van der Waals surface area (Å²) in [6.45, 7) is 12.6. The van der Waals surface area contributed by atoms with Crippen LogP contribution in [0.3, 0.4) is 0 Å². The van der Waals surface area contributed by atoms with Gasteiger partial charge in [0.2, 0.25) is 11.8 Å². The second kappa shape index (κ2) is 12.8. The predicted octanol–water partition coefficient (Wildman–Crippen LogP) is 1.30. The van der Waals surface area contributed by atoms with Crippen LogP contribution in [0.2, 0.25) is 0 Å². The van der Waals surface area contributed by atoms with Crippen molar-refractivity contribution < 1.29 is 14.4 Å². The zero-order valence-electron chi connectivity index (χ0n) is 15.4. The van der Waals surface area contributed by atoms with Gasteiger partial charge in [-0.05, 0) is 32.5 Å². The van der Waals surface area contributed by atoms with E-state index in [1.165, 1.54) is 6.08 Å². The lowest BCUT2D eigenvalue weighted by atomic mass is 10.0. The fraction of sp³-hybridized carbons (Fsp3) is 0.706. The van der Waals surface area contributed by atoms with Gasteiger partial charge < -0.3 is 15.4 Å². The maximum absolute atomic E-state index is 11.0. The third-order valence-corrected chi connectivity index (χ3v) is 3.38. The zero-order valence-corrected chi connectivity index (χ0v) is 15.4. The summed E-state index contributed by atoms with van der Waals surface area (Å²) in [5, 5.41) is 0. The molecule has 0 aliphatic carbocycles. The minimum Gasteiger partial charge on any atom is -0.368 e. The molecule has 1 fully saturated rings. The van der Waals surface area contributed by atoms with Crippen molar-refractivity contribution in [3.8, 4) is 0 Å². The lowest BCUT2D eigenvalue weighted by Crippen LogP contribution is -2.43. The number of carbonyl (C=O) groups excluding carboxylic acids is 3. The summed E-state index contributed by atoms with van der Waals surface area (Å²) >= 11 is 0. The van der Waals surface area contributed by atoms with Crippen LogP contribution < -0.4 is 5.73 Å². The largest absolute Gasteiger partial charge is 0.368 e. The topological polar surface area (TPSA) is 83.7 Å². The first-order valence-corrected chi connectivity index (χ1v) is 8.06. The van der Waals surface area contributed by atoms with Crippen LogP contribution in [0.1, 0.15) is 34.1 Å². The SMILES string of the molecule is C=CC(=O)N1CCC(C=O)C1.CC.CC(C)C(C(N)=O)N(C)C. The highest BCUT2D eigenvalue weighted by atomic mass is 16.2. The monoisotopic (exact) mass is 327 g/mol. The minimum absolute atomic E-state index is 0.0406. The molecular weight excluding hydrogens is 294 g/mol. The Morgan fingerprint density at radius 2 is 1.83 bits per heavy atom. The number of carbonyl (C=O) groups is 3. The second-order valence-electron chi connectivity index (χ2n) is 5.73. The summed E-state index contributed by atoms with van der Waals surface area (Å²) in [5.74, 6) is 0.000694. The first-order chi connectivity index (χ1) is 10.7. The molecule has 0 bridgehead atoms. The Hall–Kier alpha value is -1.69. The van der Waals surface area contributed by atoms with Crippen LogP contribution in [-0.2, 0) is 14.4 Å². The van der Waals surface area contributed by atoms with E-state index in [1.54, 1.807) is 4.90 Å². The number of nitrogens with zero attached hydrogens (tertiary/aromatic N) is 2. The molecule has 0 aromatic heterocycles. The van der Waals surface area contributed by atoms with Crippen LogP contribution in [0, 0.1) is 11.8 Å². The highest BCUT2D eigenvalue weighted by Crippen LogP contribution is 2.13. The normalized spacial score (nSPS) is 17.6. The van der Waals surface area contributed by atoms with Gasteiger partial charge in [-0.1, -0.05) is 34.3 Å². The summed E-state index contributed by atoms with van der Waals surface area (Å²) in [7, 11) is 3.71. The molecule has 134 valence electrons. The molecular formula is C17H33N3O3. The maximum atomic E-state index is 11.0. The highest BCUT2D eigenvalue weighted by Gasteiger charge is 2.23. The quantitative estimate of drug-likeness (QED) is 0.609. The fourth-order valence-electron chi connectivity index (χ4n) is 2.41. The minimum atomic E-state index is -0.250. The number of rotatable bonds is 5. The van der Waals surface area contributed by atoms with Crippen molar-refractivity contribution in [2.75, 3.05) is 27.2 Å². The maximum Gasteiger partial charge on any atom is 0.245 e. The molecule has 1 aliphatic rings. The number of likely N-dealkylation sites (tertiary alicyclic amines) is 1. The van der Waals surface area contributed by atoms with Crippen molar-refractivity contribution >= 4 is 18.1 Å². The number of primary amides is 1. The van der Waals surface area contributed by atoms with Crippen molar-refractivity contribution in [3.63, 3.8) is 0 Å². The molecule has 2 atom stereocenters. The number of likely N-dealkylation sites (N-methyl/N-ethyl adjacent to an activating group) is 1. The third kappa shape index (κ3) is 9.13. The molecule has 0 saturated carbocycles. The molecule has 1 rings (SSSR count). The molecule has 2 amide bonds. The number of hydrogen-bond donors (Lipinski definition) is 1.